The Labute approximate surface area is 223 Å². The third kappa shape index (κ3) is 6.75. The van der Waals surface area contributed by atoms with Crippen molar-refractivity contribution in [2.45, 2.75) is 39.7 Å². The van der Waals surface area contributed by atoms with Crippen molar-refractivity contribution < 1.29 is 23.7 Å². The van der Waals surface area contributed by atoms with Crippen molar-refractivity contribution in [3.05, 3.63) is 71.9 Å². The van der Waals surface area contributed by atoms with Crippen LogP contribution in [0.3, 0.4) is 0 Å². The van der Waals surface area contributed by atoms with Crippen molar-refractivity contribution in [2.24, 2.45) is 5.41 Å². The van der Waals surface area contributed by atoms with Crippen LogP contribution in [0.5, 0.6) is 28.9 Å². The van der Waals surface area contributed by atoms with Gasteiger partial charge in [-0.1, -0.05) is 38.1 Å². The molecular formula is C30H35N3O5. The van der Waals surface area contributed by atoms with Crippen molar-refractivity contribution in [3.8, 4) is 28.9 Å². The minimum atomic E-state index is -0.0230. The zero-order valence-electron chi connectivity index (χ0n) is 22.1. The van der Waals surface area contributed by atoms with Gasteiger partial charge in [0.2, 0.25) is 18.6 Å². The van der Waals surface area contributed by atoms with Gasteiger partial charge in [-0.2, -0.15) is 0 Å². The molecule has 3 aromatic rings. The summed E-state index contributed by atoms with van der Waals surface area (Å²) in [6.45, 7) is 7.42. The highest BCUT2D eigenvalue weighted by Crippen LogP contribution is 2.35. The van der Waals surface area contributed by atoms with Crippen LogP contribution in [0, 0.1) is 5.41 Å². The summed E-state index contributed by atoms with van der Waals surface area (Å²) in [6, 6.07) is 17.5. The number of amides is 1. The average molecular weight is 518 g/mol. The van der Waals surface area contributed by atoms with Gasteiger partial charge >= 0.3 is 0 Å². The molecule has 0 aliphatic carbocycles. The molecule has 0 bridgehead atoms. The summed E-state index contributed by atoms with van der Waals surface area (Å²) in [7, 11) is 0. The van der Waals surface area contributed by atoms with Gasteiger partial charge in [-0.05, 0) is 67.1 Å². The lowest BCUT2D eigenvalue weighted by atomic mass is 9.88. The first kappa shape index (κ1) is 25.9. The molecule has 1 amide bonds. The van der Waals surface area contributed by atoms with Crippen LogP contribution in [-0.2, 0) is 17.8 Å². The first-order valence-corrected chi connectivity index (χ1v) is 13.2. The molecule has 1 aromatic heterocycles. The van der Waals surface area contributed by atoms with Gasteiger partial charge in [-0.15, -0.1) is 0 Å². The van der Waals surface area contributed by atoms with Gasteiger partial charge in [0.05, 0.1) is 13.2 Å². The molecule has 0 unspecified atom stereocenters. The molecule has 0 spiro atoms. The SMILES string of the molecule is CC1(C)CCCN(CC(=O)NCCc2ccc3c(c2)OCO3)Cc2cccnc2Oc2ccccc2OC1. The van der Waals surface area contributed by atoms with Crippen LogP contribution in [0.15, 0.2) is 60.8 Å². The number of para-hydroxylation sites is 2. The number of carbonyl (C=O) groups excluding carboxylic acids is 1. The average Bonchev–Trinajstić information content (AvgIpc) is 3.37. The van der Waals surface area contributed by atoms with Gasteiger partial charge < -0.3 is 24.3 Å². The fourth-order valence-corrected chi connectivity index (χ4v) is 4.68. The first-order chi connectivity index (χ1) is 18.4. The van der Waals surface area contributed by atoms with E-state index >= 15 is 0 Å². The summed E-state index contributed by atoms with van der Waals surface area (Å²) in [5, 5.41) is 3.08. The first-order valence-electron chi connectivity index (χ1n) is 13.2. The number of rotatable bonds is 5. The van der Waals surface area contributed by atoms with Crippen LogP contribution in [0.1, 0.15) is 37.8 Å². The third-order valence-corrected chi connectivity index (χ3v) is 6.79. The molecule has 0 saturated heterocycles. The largest absolute Gasteiger partial charge is 0.489 e. The van der Waals surface area contributed by atoms with E-state index in [0.29, 0.717) is 43.6 Å². The Kier molecular flexibility index (Phi) is 7.98. The number of pyridine rings is 1. The topological polar surface area (TPSA) is 82.2 Å². The van der Waals surface area contributed by atoms with E-state index in [-0.39, 0.29) is 18.1 Å². The van der Waals surface area contributed by atoms with E-state index in [9.17, 15) is 4.79 Å². The molecule has 0 atom stereocenters. The summed E-state index contributed by atoms with van der Waals surface area (Å²) >= 11 is 0. The number of hydrogen-bond donors (Lipinski definition) is 1. The smallest absolute Gasteiger partial charge is 0.234 e. The molecule has 8 nitrogen and oxygen atoms in total. The fraction of sp³-hybridized carbons (Fsp3) is 0.400. The number of ether oxygens (including phenoxy) is 4. The Morgan fingerprint density at radius 1 is 1.00 bits per heavy atom. The van der Waals surface area contributed by atoms with Gasteiger partial charge in [-0.25, -0.2) is 4.98 Å². The number of nitrogens with one attached hydrogen (secondary N) is 1. The highest BCUT2D eigenvalue weighted by Gasteiger charge is 2.23. The van der Waals surface area contributed by atoms with Crippen LogP contribution >= 0.6 is 0 Å². The predicted molar refractivity (Wildman–Crippen MR) is 144 cm³/mol. The van der Waals surface area contributed by atoms with Gasteiger partial charge in [0, 0.05) is 24.8 Å². The number of nitrogens with zero attached hydrogens (tertiary/aromatic N) is 2. The van der Waals surface area contributed by atoms with Gasteiger partial charge in [0.15, 0.2) is 23.0 Å². The maximum atomic E-state index is 13.0. The summed E-state index contributed by atoms with van der Waals surface area (Å²) in [6.07, 6.45) is 4.35. The van der Waals surface area contributed by atoms with E-state index in [1.807, 2.05) is 54.6 Å². The Morgan fingerprint density at radius 2 is 1.82 bits per heavy atom. The molecule has 1 N–H and O–H groups in total. The minimum Gasteiger partial charge on any atom is -0.489 e. The molecule has 2 aliphatic heterocycles. The second kappa shape index (κ2) is 11.7. The molecule has 2 aliphatic rings. The highest BCUT2D eigenvalue weighted by atomic mass is 16.7. The van der Waals surface area contributed by atoms with Crippen LogP contribution in [0.25, 0.3) is 0 Å². The van der Waals surface area contributed by atoms with Gasteiger partial charge in [0.25, 0.3) is 0 Å². The monoisotopic (exact) mass is 517 g/mol. The van der Waals surface area contributed by atoms with Crippen molar-refractivity contribution in [1.29, 1.82) is 0 Å². The molecule has 2 aromatic carbocycles. The summed E-state index contributed by atoms with van der Waals surface area (Å²) in [5.41, 5.74) is 2.00. The number of fused-ring (bicyclic) bond motifs is 3. The molecular weight excluding hydrogens is 482 g/mol. The maximum absolute atomic E-state index is 13.0. The van der Waals surface area contributed by atoms with E-state index in [4.69, 9.17) is 18.9 Å². The van der Waals surface area contributed by atoms with Crippen LogP contribution in [0.2, 0.25) is 0 Å². The number of benzene rings is 2. The molecule has 0 fully saturated rings. The normalized spacial score (nSPS) is 16.9. The van der Waals surface area contributed by atoms with Crippen molar-refractivity contribution in [1.82, 2.24) is 15.2 Å². The summed E-state index contributed by atoms with van der Waals surface area (Å²) in [5.74, 6) is 3.38. The second-order valence-electron chi connectivity index (χ2n) is 10.6. The Balaban J connectivity index is 1.26. The van der Waals surface area contributed by atoms with Crippen LogP contribution in [-0.4, -0.2) is 48.8 Å². The molecule has 3 heterocycles. The van der Waals surface area contributed by atoms with Gasteiger partial charge in [-0.3, -0.25) is 9.69 Å². The number of carbonyl (C=O) groups is 1. The predicted octanol–water partition coefficient (Wildman–Crippen LogP) is 4.96. The minimum absolute atomic E-state index is 0.00522. The number of hydrogen-bond acceptors (Lipinski definition) is 7. The fourth-order valence-electron chi connectivity index (χ4n) is 4.68. The Morgan fingerprint density at radius 3 is 2.71 bits per heavy atom. The van der Waals surface area contributed by atoms with Crippen molar-refractivity contribution in [3.63, 3.8) is 0 Å². The van der Waals surface area contributed by atoms with E-state index < -0.39 is 0 Å². The number of aromatic nitrogens is 1. The molecule has 0 saturated carbocycles. The maximum Gasteiger partial charge on any atom is 0.234 e. The zero-order valence-corrected chi connectivity index (χ0v) is 22.1. The third-order valence-electron chi connectivity index (χ3n) is 6.79. The van der Waals surface area contributed by atoms with Crippen LogP contribution < -0.4 is 24.3 Å². The highest BCUT2D eigenvalue weighted by molar-refractivity contribution is 5.78. The molecule has 0 radical (unpaired) electrons. The van der Waals surface area contributed by atoms with Crippen molar-refractivity contribution in [2.75, 3.05) is 33.0 Å². The van der Waals surface area contributed by atoms with E-state index in [0.717, 1.165) is 48.4 Å². The van der Waals surface area contributed by atoms with Crippen molar-refractivity contribution >= 4 is 5.91 Å². The zero-order chi connectivity index (χ0) is 26.4. The molecule has 5 rings (SSSR count). The van der Waals surface area contributed by atoms with E-state index in [1.54, 1.807) is 6.20 Å². The quantitative estimate of drug-likeness (QED) is 0.512. The summed E-state index contributed by atoms with van der Waals surface area (Å²) in [4.78, 5) is 19.6. The lowest BCUT2D eigenvalue weighted by molar-refractivity contribution is -0.122. The Hall–Kier alpha value is -3.78. The molecule has 38 heavy (non-hydrogen) atoms. The standard InChI is InChI=1S/C30H35N3O5/c1-30(2)13-6-16-33(19-28(34)31-15-12-22-10-11-25-27(17-22)37-21-36-25)18-23-7-5-14-32-29(23)38-26-9-4-3-8-24(26)35-20-30/h3-5,7-11,14,17H,6,12-13,15-16,18-21H2,1-2H3,(H,31,34). The van der Waals surface area contributed by atoms with Gasteiger partial charge in [0.1, 0.15) is 0 Å². The summed E-state index contributed by atoms with van der Waals surface area (Å²) < 4.78 is 23.3. The van der Waals surface area contributed by atoms with Crippen LogP contribution in [0.4, 0.5) is 0 Å². The second-order valence-corrected chi connectivity index (χ2v) is 10.6. The van der Waals surface area contributed by atoms with E-state index in [1.165, 1.54) is 0 Å². The lowest BCUT2D eigenvalue weighted by Crippen LogP contribution is -2.38. The molecule has 200 valence electrons. The lowest BCUT2D eigenvalue weighted by Gasteiger charge is -2.27. The Bertz CT molecular complexity index is 1260. The molecule has 8 heteroatoms. The van der Waals surface area contributed by atoms with E-state index in [2.05, 4.69) is 29.0 Å².